The van der Waals surface area contributed by atoms with E-state index >= 15 is 0 Å². The molecule has 1 amide bonds. The summed E-state index contributed by atoms with van der Waals surface area (Å²) in [7, 11) is 2.94. The smallest absolute Gasteiger partial charge is 0.319 e. The molecule has 9 heteroatoms. The molecule has 0 fully saturated rings. The van der Waals surface area contributed by atoms with Gasteiger partial charge in [-0.3, -0.25) is 20.0 Å². The largest absolute Gasteiger partial charge is 0.497 e. The van der Waals surface area contributed by atoms with E-state index in [0.717, 1.165) is 6.20 Å². The van der Waals surface area contributed by atoms with Crippen molar-refractivity contribution in [3.8, 4) is 11.5 Å². The summed E-state index contributed by atoms with van der Waals surface area (Å²) < 4.78 is 10.1. The molecule has 0 aliphatic heterocycles. The molecule has 21 heavy (non-hydrogen) atoms. The first kappa shape index (κ1) is 14.3. The highest BCUT2D eigenvalue weighted by molar-refractivity contribution is 6.05. The summed E-state index contributed by atoms with van der Waals surface area (Å²) in [5, 5.41) is 19.1. The van der Waals surface area contributed by atoms with E-state index < -0.39 is 16.5 Å². The van der Waals surface area contributed by atoms with Gasteiger partial charge in [0.1, 0.15) is 17.7 Å². The van der Waals surface area contributed by atoms with Crippen LogP contribution in [0, 0.1) is 10.1 Å². The highest BCUT2D eigenvalue weighted by Crippen LogP contribution is 2.26. The maximum absolute atomic E-state index is 12.0. The Morgan fingerprint density at radius 3 is 2.43 bits per heavy atom. The zero-order valence-electron chi connectivity index (χ0n) is 11.2. The Balaban J connectivity index is 2.27. The molecule has 0 spiro atoms. The summed E-state index contributed by atoms with van der Waals surface area (Å²) in [5.74, 6) is 0.266. The van der Waals surface area contributed by atoms with Crippen LogP contribution in [0.15, 0.2) is 24.4 Å². The molecular formula is C12H12N4O5. The number of nitrogens with one attached hydrogen (secondary N) is 2. The number of carbonyl (C=O) groups is 1. The quantitative estimate of drug-likeness (QED) is 0.638. The van der Waals surface area contributed by atoms with E-state index in [9.17, 15) is 14.9 Å². The first-order valence-electron chi connectivity index (χ1n) is 5.77. The predicted molar refractivity (Wildman–Crippen MR) is 72.7 cm³/mol. The summed E-state index contributed by atoms with van der Waals surface area (Å²) in [4.78, 5) is 22.1. The van der Waals surface area contributed by atoms with Crippen molar-refractivity contribution in [1.82, 2.24) is 10.2 Å². The van der Waals surface area contributed by atoms with Gasteiger partial charge in [-0.05, 0) is 0 Å². The average Bonchev–Trinajstić information content (AvgIpc) is 2.96. The second kappa shape index (κ2) is 5.90. The van der Waals surface area contributed by atoms with Crippen LogP contribution >= 0.6 is 0 Å². The van der Waals surface area contributed by atoms with Crippen molar-refractivity contribution in [3.05, 3.63) is 40.2 Å². The first-order chi connectivity index (χ1) is 10.0. The molecule has 2 aromatic rings. The van der Waals surface area contributed by atoms with E-state index in [1.807, 2.05) is 0 Å². The van der Waals surface area contributed by atoms with Crippen molar-refractivity contribution in [3.63, 3.8) is 0 Å². The molecule has 0 radical (unpaired) electrons. The van der Waals surface area contributed by atoms with E-state index in [0.29, 0.717) is 17.2 Å². The fourth-order valence-electron chi connectivity index (χ4n) is 1.66. The van der Waals surface area contributed by atoms with Crippen LogP contribution in [-0.2, 0) is 0 Å². The van der Waals surface area contributed by atoms with E-state index in [-0.39, 0.29) is 5.69 Å². The van der Waals surface area contributed by atoms with Crippen molar-refractivity contribution in [1.29, 1.82) is 0 Å². The number of methoxy groups -OCH3 is 2. The standard InChI is InChI=1S/C12H12N4O5/c1-20-8-3-7(4-9(5-8)21-2)14-12(17)11-10(16(18)19)6-13-15-11/h3-6H,1-2H3,(H,13,15)(H,14,17). The molecule has 0 bridgehead atoms. The minimum Gasteiger partial charge on any atom is -0.497 e. The topological polar surface area (TPSA) is 119 Å². The van der Waals surface area contributed by atoms with Crippen LogP contribution in [0.4, 0.5) is 11.4 Å². The second-order valence-electron chi connectivity index (χ2n) is 3.94. The van der Waals surface area contributed by atoms with Crippen LogP contribution < -0.4 is 14.8 Å². The van der Waals surface area contributed by atoms with E-state index in [4.69, 9.17) is 9.47 Å². The Morgan fingerprint density at radius 2 is 1.90 bits per heavy atom. The molecule has 0 saturated heterocycles. The molecule has 0 aliphatic carbocycles. The number of rotatable bonds is 5. The zero-order valence-corrected chi connectivity index (χ0v) is 11.2. The van der Waals surface area contributed by atoms with Gasteiger partial charge in [-0.2, -0.15) is 5.10 Å². The number of aromatic nitrogens is 2. The number of hydrogen-bond donors (Lipinski definition) is 2. The number of nitro groups is 1. The minimum absolute atomic E-state index is 0.234. The molecule has 1 aromatic heterocycles. The lowest BCUT2D eigenvalue weighted by molar-refractivity contribution is -0.385. The normalized spacial score (nSPS) is 10.0. The second-order valence-corrected chi connectivity index (χ2v) is 3.94. The third-order valence-electron chi connectivity index (χ3n) is 2.65. The van der Waals surface area contributed by atoms with Gasteiger partial charge in [-0.25, -0.2) is 0 Å². The third-order valence-corrected chi connectivity index (χ3v) is 2.65. The van der Waals surface area contributed by atoms with Gasteiger partial charge >= 0.3 is 5.69 Å². The Labute approximate surface area is 119 Å². The monoisotopic (exact) mass is 292 g/mol. The van der Waals surface area contributed by atoms with Gasteiger partial charge in [0, 0.05) is 23.9 Å². The summed E-state index contributed by atoms with van der Waals surface area (Å²) >= 11 is 0. The van der Waals surface area contributed by atoms with Gasteiger partial charge in [0.05, 0.1) is 19.1 Å². The van der Waals surface area contributed by atoms with Crippen LogP contribution in [-0.4, -0.2) is 35.2 Å². The SMILES string of the molecule is COc1cc(NC(=O)c2[nH]ncc2[N+](=O)[O-])cc(OC)c1. The van der Waals surface area contributed by atoms with Crippen molar-refractivity contribution in [2.75, 3.05) is 19.5 Å². The Kier molecular flexibility index (Phi) is 4.02. The van der Waals surface area contributed by atoms with Crippen LogP contribution in [0.25, 0.3) is 0 Å². The van der Waals surface area contributed by atoms with Gasteiger partial charge < -0.3 is 14.8 Å². The zero-order chi connectivity index (χ0) is 15.4. The molecule has 1 heterocycles. The molecule has 2 rings (SSSR count). The summed E-state index contributed by atoms with van der Waals surface area (Å²) in [5.41, 5.74) is -0.260. The van der Waals surface area contributed by atoms with Gasteiger partial charge in [0.15, 0.2) is 0 Å². The lowest BCUT2D eigenvalue weighted by atomic mass is 10.2. The number of nitrogens with zero attached hydrogens (tertiary/aromatic N) is 2. The van der Waals surface area contributed by atoms with Crippen LogP contribution in [0.3, 0.4) is 0 Å². The molecule has 2 N–H and O–H groups in total. The fraction of sp³-hybridized carbons (Fsp3) is 0.167. The fourth-order valence-corrected chi connectivity index (χ4v) is 1.66. The molecule has 110 valence electrons. The highest BCUT2D eigenvalue weighted by atomic mass is 16.6. The number of benzene rings is 1. The van der Waals surface area contributed by atoms with Crippen molar-refractivity contribution < 1.29 is 19.2 Å². The Bertz CT molecular complexity index is 660. The molecule has 0 saturated carbocycles. The average molecular weight is 292 g/mol. The van der Waals surface area contributed by atoms with Gasteiger partial charge in [-0.15, -0.1) is 0 Å². The van der Waals surface area contributed by atoms with E-state index in [1.54, 1.807) is 18.2 Å². The molecule has 0 aliphatic rings. The first-order valence-corrected chi connectivity index (χ1v) is 5.77. The minimum atomic E-state index is -0.690. The lowest BCUT2D eigenvalue weighted by Crippen LogP contribution is -2.14. The summed E-state index contributed by atoms with van der Waals surface area (Å²) in [6.45, 7) is 0. The molecule has 1 aromatic carbocycles. The number of amides is 1. The number of H-pyrrole nitrogens is 1. The van der Waals surface area contributed by atoms with Crippen LogP contribution in [0.1, 0.15) is 10.5 Å². The van der Waals surface area contributed by atoms with Crippen molar-refractivity contribution in [2.45, 2.75) is 0 Å². The lowest BCUT2D eigenvalue weighted by Gasteiger charge is -2.09. The van der Waals surface area contributed by atoms with Crippen LogP contribution in [0.2, 0.25) is 0 Å². The molecular weight excluding hydrogens is 280 g/mol. The summed E-state index contributed by atoms with van der Waals surface area (Å²) in [6.07, 6.45) is 0.973. The highest BCUT2D eigenvalue weighted by Gasteiger charge is 2.23. The predicted octanol–water partition coefficient (Wildman–Crippen LogP) is 1.59. The van der Waals surface area contributed by atoms with E-state index in [2.05, 4.69) is 15.5 Å². The maximum atomic E-state index is 12.0. The Morgan fingerprint density at radius 1 is 1.29 bits per heavy atom. The number of anilines is 1. The number of hydrogen-bond acceptors (Lipinski definition) is 6. The molecule has 0 unspecified atom stereocenters. The molecule has 9 nitrogen and oxygen atoms in total. The number of aromatic amines is 1. The Hall–Kier alpha value is -3.10. The van der Waals surface area contributed by atoms with Gasteiger partial charge in [-0.1, -0.05) is 0 Å². The van der Waals surface area contributed by atoms with E-state index in [1.165, 1.54) is 14.2 Å². The van der Waals surface area contributed by atoms with Gasteiger partial charge in [0.2, 0.25) is 5.69 Å². The summed E-state index contributed by atoms with van der Waals surface area (Å²) in [6, 6.07) is 4.75. The maximum Gasteiger partial charge on any atom is 0.319 e. The number of ether oxygens (including phenoxy) is 2. The van der Waals surface area contributed by atoms with Crippen LogP contribution in [0.5, 0.6) is 11.5 Å². The number of carbonyl (C=O) groups excluding carboxylic acids is 1. The third kappa shape index (κ3) is 3.08. The van der Waals surface area contributed by atoms with Crippen molar-refractivity contribution >= 4 is 17.3 Å². The van der Waals surface area contributed by atoms with Crippen molar-refractivity contribution in [2.24, 2.45) is 0 Å². The molecule has 0 atom stereocenters. The van der Waals surface area contributed by atoms with Gasteiger partial charge in [0.25, 0.3) is 5.91 Å².